The first-order chi connectivity index (χ1) is 12.2. The minimum Gasteiger partial charge on any atom is -0.478 e. The Morgan fingerprint density at radius 1 is 1.08 bits per heavy atom. The summed E-state index contributed by atoms with van der Waals surface area (Å²) in [5, 5.41) is 12.4. The molecule has 0 amide bonds. The maximum Gasteiger partial charge on any atom is 0.328 e. The van der Waals surface area contributed by atoms with E-state index in [9.17, 15) is 4.79 Å². The van der Waals surface area contributed by atoms with Gasteiger partial charge in [-0.2, -0.15) is 0 Å². The molecule has 25 heavy (non-hydrogen) atoms. The quantitative estimate of drug-likeness (QED) is 0.800. The van der Waals surface area contributed by atoms with Gasteiger partial charge in [0.05, 0.1) is 0 Å². The van der Waals surface area contributed by atoms with E-state index in [-0.39, 0.29) is 0 Å². The van der Waals surface area contributed by atoms with Crippen molar-refractivity contribution in [1.82, 2.24) is 5.32 Å². The van der Waals surface area contributed by atoms with Gasteiger partial charge in [-0.3, -0.25) is 0 Å². The third-order valence-electron chi connectivity index (χ3n) is 4.96. The number of carboxylic acid groups (broad SMARTS) is 1. The smallest absolute Gasteiger partial charge is 0.328 e. The van der Waals surface area contributed by atoms with E-state index in [0.29, 0.717) is 0 Å². The van der Waals surface area contributed by atoms with E-state index in [1.165, 1.54) is 38.8 Å². The van der Waals surface area contributed by atoms with Crippen LogP contribution in [0.25, 0.3) is 11.6 Å². The lowest BCUT2D eigenvalue weighted by molar-refractivity contribution is -0.131. The van der Waals surface area contributed by atoms with Crippen LogP contribution in [0.5, 0.6) is 0 Å². The van der Waals surface area contributed by atoms with Crippen LogP contribution in [-0.2, 0) is 17.6 Å². The molecular formula is C21H21NO2S. The summed E-state index contributed by atoms with van der Waals surface area (Å²) in [5.74, 6) is -0.897. The van der Waals surface area contributed by atoms with Crippen molar-refractivity contribution >= 4 is 29.0 Å². The molecule has 1 aromatic heterocycles. The number of rotatable bonds is 2. The van der Waals surface area contributed by atoms with E-state index in [1.807, 2.05) is 0 Å². The Morgan fingerprint density at radius 2 is 1.84 bits per heavy atom. The average molecular weight is 351 g/mol. The summed E-state index contributed by atoms with van der Waals surface area (Å²) in [6, 6.07) is 10.9. The monoisotopic (exact) mass is 351 g/mol. The van der Waals surface area contributed by atoms with Gasteiger partial charge in [-0.15, -0.1) is 11.3 Å². The Bertz CT molecular complexity index is 868. The molecule has 1 aliphatic carbocycles. The fourth-order valence-corrected chi connectivity index (χ4v) is 5.01. The van der Waals surface area contributed by atoms with Gasteiger partial charge in [0.2, 0.25) is 0 Å². The summed E-state index contributed by atoms with van der Waals surface area (Å²) in [6.45, 7) is 2.07. The van der Waals surface area contributed by atoms with Crippen LogP contribution in [0.15, 0.2) is 42.0 Å². The van der Waals surface area contributed by atoms with Crippen LogP contribution in [0.1, 0.15) is 39.3 Å². The largest absolute Gasteiger partial charge is 0.478 e. The van der Waals surface area contributed by atoms with Crippen LogP contribution >= 0.6 is 11.3 Å². The summed E-state index contributed by atoms with van der Waals surface area (Å²) >= 11 is 1.73. The van der Waals surface area contributed by atoms with Crippen LogP contribution in [0, 0.1) is 0 Å². The normalized spacial score (nSPS) is 17.3. The molecule has 1 aromatic carbocycles. The second-order valence-electron chi connectivity index (χ2n) is 6.56. The van der Waals surface area contributed by atoms with Crippen LogP contribution in [0.2, 0.25) is 0 Å². The average Bonchev–Trinajstić information content (AvgIpc) is 2.96. The Hall–Kier alpha value is -2.17. The second-order valence-corrected chi connectivity index (χ2v) is 7.64. The Morgan fingerprint density at radius 3 is 2.64 bits per heavy atom. The molecule has 1 saturated heterocycles. The maximum atomic E-state index is 10.8. The third kappa shape index (κ3) is 3.32. The van der Waals surface area contributed by atoms with Gasteiger partial charge in [-0.05, 0) is 73.2 Å². The van der Waals surface area contributed by atoms with Crippen molar-refractivity contribution in [3.05, 3.63) is 68.4 Å². The SMILES string of the molecule is O=C(O)/C=C/c1cc2c(s1)C(=C1CCNCC1)c1ccccc1CC2. The van der Waals surface area contributed by atoms with Gasteiger partial charge in [-0.25, -0.2) is 4.79 Å². The number of piperidine rings is 1. The molecule has 0 unspecified atom stereocenters. The predicted octanol–water partition coefficient (Wildman–Crippen LogP) is 4.13. The summed E-state index contributed by atoms with van der Waals surface area (Å²) in [4.78, 5) is 13.2. The lowest BCUT2D eigenvalue weighted by Crippen LogP contribution is -2.23. The van der Waals surface area contributed by atoms with Crippen molar-refractivity contribution < 1.29 is 9.90 Å². The molecule has 2 aliphatic rings. The molecule has 0 radical (unpaired) electrons. The highest BCUT2D eigenvalue weighted by Crippen LogP contribution is 2.42. The van der Waals surface area contributed by atoms with Gasteiger partial charge in [0.15, 0.2) is 0 Å². The zero-order valence-corrected chi connectivity index (χ0v) is 14.9. The standard InChI is InChI=1S/C21H21NO2S/c23-19(24)8-7-17-13-16-6-5-14-3-1-2-4-18(14)20(21(16)25-17)15-9-11-22-12-10-15/h1-4,7-8,13,22H,5-6,9-12H2,(H,23,24)/b8-7+. The summed E-state index contributed by atoms with van der Waals surface area (Å²) in [5.41, 5.74) is 7.09. The zero-order valence-electron chi connectivity index (χ0n) is 14.0. The van der Waals surface area contributed by atoms with E-state index in [1.54, 1.807) is 17.4 Å². The van der Waals surface area contributed by atoms with Gasteiger partial charge >= 0.3 is 5.97 Å². The Labute approximate surface area is 151 Å². The Balaban J connectivity index is 1.87. The highest BCUT2D eigenvalue weighted by Gasteiger charge is 2.24. The molecule has 2 aromatic rings. The minimum absolute atomic E-state index is 0.897. The third-order valence-corrected chi connectivity index (χ3v) is 6.12. The number of hydrogen-bond donors (Lipinski definition) is 2. The van der Waals surface area contributed by atoms with E-state index in [2.05, 4.69) is 35.6 Å². The molecule has 4 rings (SSSR count). The molecule has 4 heteroatoms. The van der Waals surface area contributed by atoms with E-state index in [4.69, 9.17) is 5.11 Å². The van der Waals surface area contributed by atoms with Crippen LogP contribution < -0.4 is 5.32 Å². The lowest BCUT2D eigenvalue weighted by Gasteiger charge is -2.21. The fraction of sp³-hybridized carbons (Fsp3) is 0.286. The number of fused-ring (bicyclic) bond motifs is 2. The van der Waals surface area contributed by atoms with Crippen molar-refractivity contribution in [2.24, 2.45) is 0 Å². The first kappa shape index (κ1) is 16.3. The van der Waals surface area contributed by atoms with Crippen LogP contribution in [0.4, 0.5) is 0 Å². The van der Waals surface area contributed by atoms with Gasteiger partial charge in [0.1, 0.15) is 0 Å². The molecule has 1 fully saturated rings. The summed E-state index contributed by atoms with van der Waals surface area (Å²) < 4.78 is 0. The van der Waals surface area contributed by atoms with Crippen molar-refractivity contribution in [2.45, 2.75) is 25.7 Å². The van der Waals surface area contributed by atoms with E-state index >= 15 is 0 Å². The highest BCUT2D eigenvalue weighted by molar-refractivity contribution is 7.14. The molecule has 2 heterocycles. The highest BCUT2D eigenvalue weighted by atomic mass is 32.1. The zero-order chi connectivity index (χ0) is 17.2. The van der Waals surface area contributed by atoms with E-state index < -0.39 is 5.97 Å². The maximum absolute atomic E-state index is 10.8. The number of carboxylic acids is 1. The molecule has 2 N–H and O–H groups in total. The number of nitrogens with one attached hydrogen (secondary N) is 1. The van der Waals surface area contributed by atoms with Gasteiger partial charge in [0.25, 0.3) is 0 Å². The van der Waals surface area contributed by atoms with Crippen molar-refractivity contribution in [2.75, 3.05) is 13.1 Å². The first-order valence-electron chi connectivity index (χ1n) is 8.77. The van der Waals surface area contributed by atoms with Crippen LogP contribution in [0.3, 0.4) is 0 Å². The predicted molar refractivity (Wildman–Crippen MR) is 103 cm³/mol. The van der Waals surface area contributed by atoms with Crippen LogP contribution in [-0.4, -0.2) is 24.2 Å². The number of benzene rings is 1. The molecule has 0 bridgehead atoms. The lowest BCUT2D eigenvalue weighted by atomic mass is 9.90. The molecule has 3 nitrogen and oxygen atoms in total. The fourth-order valence-electron chi connectivity index (χ4n) is 3.79. The van der Waals surface area contributed by atoms with Crippen molar-refractivity contribution in [3.8, 4) is 0 Å². The number of aliphatic carboxylic acids is 1. The minimum atomic E-state index is -0.897. The van der Waals surface area contributed by atoms with Crippen molar-refractivity contribution in [3.63, 3.8) is 0 Å². The van der Waals surface area contributed by atoms with Gasteiger partial charge in [0, 0.05) is 15.8 Å². The molecular weight excluding hydrogens is 330 g/mol. The number of thiophene rings is 1. The molecule has 128 valence electrons. The van der Waals surface area contributed by atoms with Gasteiger partial charge < -0.3 is 10.4 Å². The number of hydrogen-bond acceptors (Lipinski definition) is 3. The molecule has 0 atom stereocenters. The summed E-state index contributed by atoms with van der Waals surface area (Å²) in [7, 11) is 0. The first-order valence-corrected chi connectivity index (χ1v) is 9.59. The molecule has 0 spiro atoms. The van der Waals surface area contributed by atoms with Crippen molar-refractivity contribution in [1.29, 1.82) is 0 Å². The summed E-state index contributed by atoms with van der Waals surface area (Å²) in [6.07, 6.45) is 7.17. The topological polar surface area (TPSA) is 49.3 Å². The number of aryl methyl sites for hydroxylation is 2. The second kappa shape index (κ2) is 6.98. The molecule has 0 saturated carbocycles. The van der Waals surface area contributed by atoms with E-state index in [0.717, 1.165) is 43.6 Å². The number of carbonyl (C=O) groups is 1. The Kier molecular flexibility index (Phi) is 4.55. The molecule has 1 aliphatic heterocycles. The van der Waals surface area contributed by atoms with Gasteiger partial charge in [-0.1, -0.05) is 29.8 Å².